The molecule has 0 radical (unpaired) electrons. The van der Waals surface area contributed by atoms with Crippen molar-refractivity contribution in [2.45, 2.75) is 42.9 Å². The monoisotopic (exact) mass is 333 g/mol. The Labute approximate surface area is 128 Å². The molecular formula is C12H19N3O4S2. The number of sulfonamides is 1. The van der Waals surface area contributed by atoms with Gasteiger partial charge in [-0.3, -0.25) is 10.1 Å². The molecule has 21 heavy (non-hydrogen) atoms. The smallest absolute Gasteiger partial charge is 0.304 e. The topological polar surface area (TPSA) is 92.6 Å². The van der Waals surface area contributed by atoms with Crippen molar-refractivity contribution < 1.29 is 13.3 Å². The van der Waals surface area contributed by atoms with Crippen LogP contribution in [0.3, 0.4) is 0 Å². The fourth-order valence-corrected chi connectivity index (χ4v) is 5.03. The van der Waals surface area contributed by atoms with E-state index in [9.17, 15) is 18.5 Å². The molecular weight excluding hydrogens is 314 g/mol. The Kier molecular flexibility index (Phi) is 4.84. The van der Waals surface area contributed by atoms with E-state index in [1.807, 2.05) is 6.92 Å². The van der Waals surface area contributed by atoms with Crippen molar-refractivity contribution >= 4 is 32.0 Å². The summed E-state index contributed by atoms with van der Waals surface area (Å²) in [4.78, 5) is 10.5. The van der Waals surface area contributed by atoms with Crippen LogP contribution in [0, 0.1) is 10.1 Å². The van der Waals surface area contributed by atoms with Gasteiger partial charge in [0.1, 0.15) is 4.21 Å². The van der Waals surface area contributed by atoms with Gasteiger partial charge in [-0.05, 0) is 19.3 Å². The molecule has 7 nitrogen and oxygen atoms in total. The lowest BCUT2D eigenvalue weighted by Crippen LogP contribution is -2.40. The molecule has 0 bridgehead atoms. The predicted molar refractivity (Wildman–Crippen MR) is 82.3 cm³/mol. The second-order valence-electron chi connectivity index (χ2n) is 5.07. The van der Waals surface area contributed by atoms with Crippen molar-refractivity contribution in [3.8, 4) is 0 Å². The normalized spacial score (nSPS) is 16.0. The highest BCUT2D eigenvalue weighted by molar-refractivity contribution is 7.91. The van der Waals surface area contributed by atoms with Crippen LogP contribution in [0.25, 0.3) is 0 Å². The van der Waals surface area contributed by atoms with Gasteiger partial charge in [0.25, 0.3) is 10.0 Å². The van der Waals surface area contributed by atoms with Gasteiger partial charge in [-0.15, -0.1) is 0 Å². The first-order valence-electron chi connectivity index (χ1n) is 6.88. The molecule has 1 N–H and O–H groups in total. The largest absolute Gasteiger partial charge is 0.371 e. The first-order chi connectivity index (χ1) is 9.87. The number of hydrogen-bond acceptors (Lipinski definition) is 6. The van der Waals surface area contributed by atoms with E-state index < -0.39 is 14.9 Å². The minimum atomic E-state index is -3.65. The van der Waals surface area contributed by atoms with E-state index >= 15 is 0 Å². The maximum absolute atomic E-state index is 12.5. The van der Waals surface area contributed by atoms with Gasteiger partial charge in [-0.1, -0.05) is 24.7 Å². The van der Waals surface area contributed by atoms with Gasteiger partial charge >= 0.3 is 5.69 Å². The van der Waals surface area contributed by atoms with Crippen LogP contribution >= 0.6 is 11.3 Å². The van der Waals surface area contributed by atoms with E-state index in [1.165, 1.54) is 4.31 Å². The highest BCUT2D eigenvalue weighted by Gasteiger charge is 2.35. The van der Waals surface area contributed by atoms with E-state index in [0.717, 1.165) is 43.1 Å². The van der Waals surface area contributed by atoms with Crippen molar-refractivity contribution in [1.82, 2.24) is 4.31 Å². The standard InChI is InChI=1S/C12H19N3O4S2/c1-3-7-13-12-10(15(16)17)8-11(20-12)21(18,19)14(2)9-5-4-6-9/h8-9,13H,3-7H2,1-2H3. The first kappa shape index (κ1) is 16.2. The lowest BCUT2D eigenvalue weighted by atomic mass is 9.94. The second-order valence-corrected chi connectivity index (χ2v) is 8.35. The van der Waals surface area contributed by atoms with Gasteiger partial charge in [-0.2, -0.15) is 4.31 Å². The lowest BCUT2D eigenvalue weighted by Gasteiger charge is -2.33. The molecule has 9 heteroatoms. The Morgan fingerprint density at radius 3 is 2.67 bits per heavy atom. The third-order valence-corrected chi connectivity index (χ3v) is 7.09. The summed E-state index contributed by atoms with van der Waals surface area (Å²) in [6.07, 6.45) is 3.53. The zero-order valence-electron chi connectivity index (χ0n) is 12.0. The molecule has 0 aromatic carbocycles. The van der Waals surface area contributed by atoms with Crippen LogP contribution < -0.4 is 5.32 Å². The summed E-state index contributed by atoms with van der Waals surface area (Å²) in [5.74, 6) is 0. The summed E-state index contributed by atoms with van der Waals surface area (Å²) >= 11 is 0.933. The average molecular weight is 333 g/mol. The van der Waals surface area contributed by atoms with Crippen LogP contribution in [-0.4, -0.2) is 37.3 Å². The molecule has 0 amide bonds. The number of hydrogen-bond donors (Lipinski definition) is 1. The number of rotatable bonds is 7. The van der Waals surface area contributed by atoms with E-state index in [-0.39, 0.29) is 15.9 Å². The van der Waals surface area contributed by atoms with Gasteiger partial charge in [-0.25, -0.2) is 8.42 Å². The quantitative estimate of drug-likeness (QED) is 0.611. The van der Waals surface area contributed by atoms with Gasteiger partial charge in [0.15, 0.2) is 5.00 Å². The number of anilines is 1. The van der Waals surface area contributed by atoms with Crippen molar-refractivity contribution in [3.05, 3.63) is 16.2 Å². The molecule has 1 fully saturated rings. The van der Waals surface area contributed by atoms with Crippen molar-refractivity contribution in [2.75, 3.05) is 18.9 Å². The number of thiophene rings is 1. The van der Waals surface area contributed by atoms with Crippen molar-refractivity contribution in [1.29, 1.82) is 0 Å². The molecule has 0 saturated heterocycles. The van der Waals surface area contributed by atoms with E-state index in [1.54, 1.807) is 7.05 Å². The zero-order valence-corrected chi connectivity index (χ0v) is 13.7. The molecule has 0 unspecified atom stereocenters. The minimum absolute atomic E-state index is 0.0169. The van der Waals surface area contributed by atoms with Gasteiger partial charge < -0.3 is 5.32 Å². The van der Waals surface area contributed by atoms with E-state index in [4.69, 9.17) is 0 Å². The van der Waals surface area contributed by atoms with Crippen LogP contribution in [0.2, 0.25) is 0 Å². The maximum Gasteiger partial charge on any atom is 0.304 e. The van der Waals surface area contributed by atoms with E-state index in [0.29, 0.717) is 11.5 Å². The number of nitrogens with zero attached hydrogens (tertiary/aromatic N) is 2. The Morgan fingerprint density at radius 2 is 2.19 bits per heavy atom. The zero-order chi connectivity index (χ0) is 15.6. The Morgan fingerprint density at radius 1 is 1.52 bits per heavy atom. The van der Waals surface area contributed by atoms with Gasteiger partial charge in [0.05, 0.1) is 4.92 Å². The summed E-state index contributed by atoms with van der Waals surface area (Å²) in [5.41, 5.74) is -0.172. The molecule has 1 saturated carbocycles. The summed E-state index contributed by atoms with van der Waals surface area (Å²) in [6.45, 7) is 2.51. The van der Waals surface area contributed by atoms with E-state index in [2.05, 4.69) is 5.32 Å². The fourth-order valence-electron chi connectivity index (χ4n) is 2.08. The number of nitrogens with one attached hydrogen (secondary N) is 1. The summed E-state index contributed by atoms with van der Waals surface area (Å²) in [6, 6.07) is 1.18. The first-order valence-corrected chi connectivity index (χ1v) is 9.13. The van der Waals surface area contributed by atoms with Crippen LogP contribution in [0.5, 0.6) is 0 Å². The fraction of sp³-hybridized carbons (Fsp3) is 0.667. The van der Waals surface area contributed by atoms with Crippen LogP contribution in [0.4, 0.5) is 10.7 Å². The maximum atomic E-state index is 12.5. The minimum Gasteiger partial charge on any atom is -0.371 e. The Balaban J connectivity index is 2.32. The number of nitro groups is 1. The lowest BCUT2D eigenvalue weighted by molar-refractivity contribution is -0.383. The predicted octanol–water partition coefficient (Wildman–Crippen LogP) is 2.65. The Hall–Kier alpha value is -1.19. The molecule has 1 aromatic rings. The molecule has 0 spiro atoms. The highest BCUT2D eigenvalue weighted by atomic mass is 32.2. The molecule has 1 heterocycles. The SMILES string of the molecule is CCCNc1sc(S(=O)(=O)N(C)C2CCC2)cc1[N+](=O)[O-]. The molecule has 2 rings (SSSR count). The third-order valence-electron chi connectivity index (χ3n) is 3.64. The third kappa shape index (κ3) is 3.19. The molecule has 1 aromatic heterocycles. The van der Waals surface area contributed by atoms with Crippen LogP contribution in [-0.2, 0) is 10.0 Å². The molecule has 0 atom stereocenters. The van der Waals surface area contributed by atoms with Crippen molar-refractivity contribution in [3.63, 3.8) is 0 Å². The molecule has 118 valence electrons. The highest BCUT2D eigenvalue weighted by Crippen LogP contribution is 2.39. The average Bonchev–Trinajstić information content (AvgIpc) is 2.79. The summed E-state index contributed by atoms with van der Waals surface area (Å²) in [5, 5.41) is 14.3. The summed E-state index contributed by atoms with van der Waals surface area (Å²) in [7, 11) is -2.11. The molecule has 1 aliphatic rings. The van der Waals surface area contributed by atoms with Gasteiger partial charge in [0, 0.05) is 25.7 Å². The van der Waals surface area contributed by atoms with Gasteiger partial charge in [0.2, 0.25) is 0 Å². The molecule has 0 aliphatic heterocycles. The Bertz CT molecular complexity index is 622. The van der Waals surface area contributed by atoms with Crippen molar-refractivity contribution in [2.24, 2.45) is 0 Å². The molecule has 1 aliphatic carbocycles. The van der Waals surface area contributed by atoms with Crippen LogP contribution in [0.15, 0.2) is 10.3 Å². The van der Waals surface area contributed by atoms with Crippen LogP contribution in [0.1, 0.15) is 32.6 Å². The second kappa shape index (κ2) is 6.29. The summed E-state index contributed by atoms with van der Waals surface area (Å²) < 4.78 is 26.4.